The predicted octanol–water partition coefficient (Wildman–Crippen LogP) is 14.5. The molecule has 12 aromatic rings. The van der Waals surface area contributed by atoms with Crippen molar-refractivity contribution in [2.45, 2.75) is 25.7 Å². The van der Waals surface area contributed by atoms with Crippen molar-refractivity contribution in [3.8, 4) is 45.0 Å². The van der Waals surface area contributed by atoms with Gasteiger partial charge in [0.25, 0.3) is 0 Å². The maximum Gasteiger partial charge on any atom is 0.0963 e. The Hall–Kier alpha value is -8.48. The smallest absolute Gasteiger partial charge is 0.0963 e. The van der Waals surface area contributed by atoms with Gasteiger partial charge in [0, 0.05) is 69.9 Å². The lowest BCUT2D eigenvalue weighted by Crippen LogP contribution is -2.05. The molecule has 0 spiro atoms. The van der Waals surface area contributed by atoms with Gasteiger partial charge in [-0.25, -0.2) is 0 Å². The minimum absolute atomic E-state index is 0.0180. The average molecular weight is 847 g/mol. The molecule has 0 bridgehead atoms. The topological polar surface area (TPSA) is 61.4 Å². The predicted molar refractivity (Wildman–Crippen MR) is 269 cm³/mol. The molecule has 2 aliphatic rings. The Labute approximate surface area is 382 Å². The minimum atomic E-state index is -0.0180. The van der Waals surface area contributed by atoms with E-state index < -0.39 is 0 Å². The summed E-state index contributed by atoms with van der Waals surface area (Å²) in [6, 6.07) is 66.3. The molecular weight excluding hydrogens is 805 g/mol. The van der Waals surface area contributed by atoms with Gasteiger partial charge in [-0.2, -0.15) is 0 Å². The second-order valence-corrected chi connectivity index (χ2v) is 17.0. The van der Waals surface area contributed by atoms with Gasteiger partial charge in [0.05, 0.1) is 44.5 Å². The van der Waals surface area contributed by atoms with Gasteiger partial charge in [0.2, 0.25) is 0 Å². The number of hydrogen-bond donors (Lipinski definition) is 0. The molecule has 0 saturated carbocycles. The first-order valence-corrected chi connectivity index (χ1v) is 22.8. The number of pyridine rings is 4. The number of rotatable bonds is 5. The van der Waals surface area contributed by atoms with Crippen LogP contribution in [0, 0.1) is 0 Å². The molecule has 0 radical (unpaired) electrons. The SMILES string of the molecule is CC.c1ccc2c(c1)-c1ncccc1C2c1cc(-c2cc(C3c4ccccc4-c4ncccc43)cc(-n3c4ccccc4c4ncccc43)c2)cc(-n2c3ccccc3c3ncccc32)c1. The Balaban J connectivity index is 0.00000215. The molecule has 2 aliphatic carbocycles. The van der Waals surface area contributed by atoms with Crippen LogP contribution in [-0.2, 0) is 0 Å². The Morgan fingerprint density at radius 2 is 0.727 bits per heavy atom. The zero-order valence-electron chi connectivity index (χ0n) is 36.5. The summed E-state index contributed by atoms with van der Waals surface area (Å²) in [5.41, 5.74) is 22.6. The molecule has 6 nitrogen and oxygen atoms in total. The number of para-hydroxylation sites is 2. The monoisotopic (exact) mass is 846 g/mol. The number of fused-ring (bicyclic) bond motifs is 12. The molecule has 6 heteroatoms. The maximum atomic E-state index is 4.97. The number of benzene rings is 6. The second-order valence-electron chi connectivity index (χ2n) is 17.0. The number of hydrogen-bond acceptors (Lipinski definition) is 4. The third kappa shape index (κ3) is 5.61. The standard InChI is InChI=1S/C58H36N6.C2H6/c1-3-15-43-41(13-1)53(47-19-9-25-59-55(43)47)37-29-35(31-39(33-37)63-49-21-7-5-17-45(49)57-51(63)23-11-27-61-57)36-30-38(54-42-14-2-4-16-44(42)56-48(54)20-10-26-60-56)34-40(32-36)64-50-22-8-6-18-46(50)58-52(64)24-12-28-62-58;1-2/h1-34,53-54H;1-2H3. The van der Waals surface area contributed by atoms with Crippen LogP contribution in [0.4, 0.5) is 0 Å². The van der Waals surface area contributed by atoms with Gasteiger partial charge >= 0.3 is 0 Å². The van der Waals surface area contributed by atoms with Gasteiger partial charge in [-0.3, -0.25) is 19.9 Å². The molecule has 312 valence electrons. The van der Waals surface area contributed by atoms with Crippen molar-refractivity contribution in [3.63, 3.8) is 0 Å². The summed E-state index contributed by atoms with van der Waals surface area (Å²) in [6.07, 6.45) is 7.62. The van der Waals surface area contributed by atoms with E-state index in [2.05, 4.69) is 179 Å². The maximum absolute atomic E-state index is 4.97. The average Bonchev–Trinajstić information content (AvgIpc) is 4.12. The lowest BCUT2D eigenvalue weighted by molar-refractivity contribution is 0.997. The van der Waals surface area contributed by atoms with Gasteiger partial charge in [-0.05, 0) is 117 Å². The van der Waals surface area contributed by atoms with Gasteiger partial charge in [0.1, 0.15) is 0 Å². The van der Waals surface area contributed by atoms with Crippen LogP contribution in [0.2, 0.25) is 0 Å². The zero-order valence-corrected chi connectivity index (χ0v) is 36.5. The van der Waals surface area contributed by atoms with Gasteiger partial charge < -0.3 is 9.13 Å². The third-order valence-electron chi connectivity index (χ3n) is 13.6. The van der Waals surface area contributed by atoms with E-state index in [-0.39, 0.29) is 11.8 Å². The molecular formula is C60H42N6. The van der Waals surface area contributed by atoms with Gasteiger partial charge in [0.15, 0.2) is 0 Å². The fraction of sp³-hybridized carbons (Fsp3) is 0.0667. The highest BCUT2D eigenvalue weighted by atomic mass is 15.0. The van der Waals surface area contributed by atoms with Crippen molar-refractivity contribution in [1.29, 1.82) is 0 Å². The van der Waals surface area contributed by atoms with E-state index in [1.807, 2.05) is 50.8 Å². The molecule has 0 aliphatic heterocycles. The lowest BCUT2D eigenvalue weighted by Gasteiger charge is -2.21. The Bertz CT molecular complexity index is 3440. The summed E-state index contributed by atoms with van der Waals surface area (Å²) in [7, 11) is 0. The normalized spacial score (nSPS) is 14.5. The number of nitrogens with zero attached hydrogens (tertiary/aromatic N) is 6. The molecule has 0 amide bonds. The van der Waals surface area contributed by atoms with Crippen molar-refractivity contribution in [3.05, 3.63) is 240 Å². The Kier molecular flexibility index (Phi) is 8.68. The number of aromatic nitrogens is 6. The van der Waals surface area contributed by atoms with Crippen LogP contribution in [0.15, 0.2) is 207 Å². The third-order valence-corrected chi connectivity index (χ3v) is 13.6. The molecule has 0 N–H and O–H groups in total. The molecule has 0 saturated heterocycles. The van der Waals surface area contributed by atoms with Gasteiger partial charge in [-0.15, -0.1) is 0 Å². The summed E-state index contributed by atoms with van der Waals surface area (Å²) in [4.78, 5) is 19.8. The van der Waals surface area contributed by atoms with Crippen molar-refractivity contribution in [1.82, 2.24) is 29.1 Å². The van der Waals surface area contributed by atoms with E-state index >= 15 is 0 Å². The van der Waals surface area contributed by atoms with Crippen molar-refractivity contribution < 1.29 is 0 Å². The van der Waals surface area contributed by atoms with Crippen LogP contribution < -0.4 is 0 Å². The van der Waals surface area contributed by atoms with E-state index in [1.165, 1.54) is 44.5 Å². The van der Waals surface area contributed by atoms with Crippen molar-refractivity contribution in [2.24, 2.45) is 0 Å². The van der Waals surface area contributed by atoms with Crippen LogP contribution in [-0.4, -0.2) is 29.1 Å². The largest absolute Gasteiger partial charge is 0.308 e. The van der Waals surface area contributed by atoms with Crippen LogP contribution in [0.3, 0.4) is 0 Å². The van der Waals surface area contributed by atoms with E-state index in [4.69, 9.17) is 19.9 Å². The summed E-state index contributed by atoms with van der Waals surface area (Å²) >= 11 is 0. The molecule has 6 aromatic heterocycles. The first-order valence-electron chi connectivity index (χ1n) is 22.8. The molecule has 6 heterocycles. The highest BCUT2D eigenvalue weighted by molar-refractivity contribution is 6.08. The Morgan fingerprint density at radius 3 is 1.21 bits per heavy atom. The van der Waals surface area contributed by atoms with Crippen LogP contribution in [0.25, 0.3) is 88.9 Å². The summed E-state index contributed by atoms with van der Waals surface area (Å²) in [6.45, 7) is 4.00. The Morgan fingerprint density at radius 1 is 0.348 bits per heavy atom. The van der Waals surface area contributed by atoms with Crippen LogP contribution in [0.5, 0.6) is 0 Å². The molecule has 14 rings (SSSR count). The van der Waals surface area contributed by atoms with Crippen molar-refractivity contribution in [2.75, 3.05) is 0 Å². The zero-order chi connectivity index (χ0) is 43.9. The molecule has 0 fully saturated rings. The highest BCUT2D eigenvalue weighted by Gasteiger charge is 2.33. The van der Waals surface area contributed by atoms with E-state index in [9.17, 15) is 0 Å². The molecule has 2 atom stereocenters. The highest BCUT2D eigenvalue weighted by Crippen LogP contribution is 2.50. The first kappa shape index (κ1) is 38.0. The quantitative estimate of drug-likeness (QED) is 0.173. The summed E-state index contributed by atoms with van der Waals surface area (Å²) in [5.74, 6) is -0.0360. The van der Waals surface area contributed by atoms with E-state index in [0.29, 0.717) is 0 Å². The summed E-state index contributed by atoms with van der Waals surface area (Å²) < 4.78 is 4.79. The fourth-order valence-electron chi connectivity index (χ4n) is 11.1. The fourth-order valence-corrected chi connectivity index (χ4v) is 11.1. The minimum Gasteiger partial charge on any atom is -0.308 e. The van der Waals surface area contributed by atoms with E-state index in [1.54, 1.807) is 0 Å². The van der Waals surface area contributed by atoms with Crippen molar-refractivity contribution >= 4 is 43.9 Å². The molecule has 2 unspecified atom stereocenters. The van der Waals surface area contributed by atoms with Gasteiger partial charge in [-0.1, -0.05) is 123 Å². The van der Waals surface area contributed by atoms with Crippen LogP contribution >= 0.6 is 0 Å². The first-order chi connectivity index (χ1) is 32.8. The lowest BCUT2D eigenvalue weighted by atomic mass is 9.85. The second kappa shape index (κ2) is 15.1. The molecule has 66 heavy (non-hydrogen) atoms. The summed E-state index contributed by atoms with van der Waals surface area (Å²) in [5, 5.41) is 2.25. The van der Waals surface area contributed by atoms with Crippen LogP contribution in [0.1, 0.15) is 59.1 Å². The molecule has 6 aromatic carbocycles. The van der Waals surface area contributed by atoms with E-state index in [0.717, 1.165) is 77.8 Å².